The van der Waals surface area contributed by atoms with E-state index in [1.54, 1.807) is 13.3 Å². The monoisotopic (exact) mass is 354 g/mol. The lowest BCUT2D eigenvalue weighted by Gasteiger charge is -2.11. The van der Waals surface area contributed by atoms with Crippen LogP contribution in [0.5, 0.6) is 5.75 Å². The van der Waals surface area contributed by atoms with Crippen LogP contribution >= 0.6 is 11.6 Å². The second kappa shape index (κ2) is 7.85. The molecular formula is C19H19ClN4O. The molecule has 0 atom stereocenters. The molecule has 6 heteroatoms. The predicted octanol–water partition coefficient (Wildman–Crippen LogP) is 4.80. The van der Waals surface area contributed by atoms with Crippen molar-refractivity contribution in [2.45, 2.75) is 13.5 Å². The van der Waals surface area contributed by atoms with Gasteiger partial charge in [0.05, 0.1) is 7.11 Å². The normalized spacial score (nSPS) is 10.4. The van der Waals surface area contributed by atoms with E-state index < -0.39 is 0 Å². The molecule has 0 saturated heterocycles. The lowest BCUT2D eigenvalue weighted by Crippen LogP contribution is -2.04. The SMILES string of the molecule is COc1ccc(CNc2ccnc(Nc3cccc(Cl)c3C)n2)cc1. The summed E-state index contributed by atoms with van der Waals surface area (Å²) in [5.41, 5.74) is 2.99. The molecule has 1 heterocycles. The van der Waals surface area contributed by atoms with Gasteiger partial charge in [0.15, 0.2) is 0 Å². The van der Waals surface area contributed by atoms with Gasteiger partial charge >= 0.3 is 0 Å². The molecule has 0 amide bonds. The van der Waals surface area contributed by atoms with Gasteiger partial charge < -0.3 is 15.4 Å². The summed E-state index contributed by atoms with van der Waals surface area (Å²) in [6, 6.07) is 15.4. The van der Waals surface area contributed by atoms with E-state index in [4.69, 9.17) is 16.3 Å². The van der Waals surface area contributed by atoms with Gasteiger partial charge in [-0.15, -0.1) is 0 Å². The minimum atomic E-state index is 0.519. The second-order valence-electron chi connectivity index (χ2n) is 5.50. The minimum Gasteiger partial charge on any atom is -0.497 e. The first-order chi connectivity index (χ1) is 12.2. The Balaban J connectivity index is 1.67. The Morgan fingerprint density at radius 3 is 2.64 bits per heavy atom. The third kappa shape index (κ3) is 4.39. The molecule has 0 aliphatic heterocycles. The second-order valence-corrected chi connectivity index (χ2v) is 5.91. The van der Waals surface area contributed by atoms with E-state index in [-0.39, 0.29) is 0 Å². The zero-order valence-electron chi connectivity index (χ0n) is 14.1. The number of ether oxygens (including phenoxy) is 1. The molecule has 1 aromatic heterocycles. The van der Waals surface area contributed by atoms with Crippen LogP contribution < -0.4 is 15.4 Å². The van der Waals surface area contributed by atoms with Crippen molar-refractivity contribution in [3.8, 4) is 5.75 Å². The fourth-order valence-electron chi connectivity index (χ4n) is 2.32. The highest BCUT2D eigenvalue weighted by molar-refractivity contribution is 6.31. The van der Waals surface area contributed by atoms with Crippen molar-refractivity contribution in [3.05, 3.63) is 70.9 Å². The number of anilines is 3. The highest BCUT2D eigenvalue weighted by Gasteiger charge is 2.05. The van der Waals surface area contributed by atoms with Crippen LogP contribution in [-0.2, 0) is 6.54 Å². The van der Waals surface area contributed by atoms with Gasteiger partial charge in [-0.1, -0.05) is 29.8 Å². The van der Waals surface area contributed by atoms with Crippen molar-refractivity contribution in [1.29, 1.82) is 0 Å². The fourth-order valence-corrected chi connectivity index (χ4v) is 2.49. The summed E-state index contributed by atoms with van der Waals surface area (Å²) >= 11 is 6.15. The summed E-state index contributed by atoms with van der Waals surface area (Å²) < 4.78 is 5.16. The van der Waals surface area contributed by atoms with Gasteiger partial charge in [-0.3, -0.25) is 0 Å². The first kappa shape index (κ1) is 17.0. The fraction of sp³-hybridized carbons (Fsp3) is 0.158. The zero-order chi connectivity index (χ0) is 17.6. The van der Waals surface area contributed by atoms with Crippen LogP contribution in [0.1, 0.15) is 11.1 Å². The van der Waals surface area contributed by atoms with Gasteiger partial charge in [0, 0.05) is 23.5 Å². The maximum atomic E-state index is 6.15. The third-order valence-corrected chi connectivity index (χ3v) is 4.21. The average Bonchev–Trinajstić information content (AvgIpc) is 2.64. The summed E-state index contributed by atoms with van der Waals surface area (Å²) in [7, 11) is 1.66. The molecular weight excluding hydrogens is 336 g/mol. The summed E-state index contributed by atoms with van der Waals surface area (Å²) in [6.45, 7) is 2.62. The maximum Gasteiger partial charge on any atom is 0.229 e. The van der Waals surface area contributed by atoms with Crippen LogP contribution in [0.3, 0.4) is 0 Å². The maximum absolute atomic E-state index is 6.15. The summed E-state index contributed by atoms with van der Waals surface area (Å²) in [4.78, 5) is 8.75. The van der Waals surface area contributed by atoms with Crippen molar-refractivity contribution in [3.63, 3.8) is 0 Å². The molecule has 0 saturated carbocycles. The Morgan fingerprint density at radius 2 is 1.88 bits per heavy atom. The Labute approximate surface area is 152 Å². The highest BCUT2D eigenvalue weighted by Crippen LogP contribution is 2.25. The topological polar surface area (TPSA) is 59.1 Å². The molecule has 0 fully saturated rings. The lowest BCUT2D eigenvalue weighted by molar-refractivity contribution is 0.414. The molecule has 5 nitrogen and oxygen atoms in total. The largest absolute Gasteiger partial charge is 0.497 e. The van der Waals surface area contributed by atoms with Gasteiger partial charge in [-0.2, -0.15) is 4.98 Å². The van der Waals surface area contributed by atoms with Crippen LogP contribution in [0.15, 0.2) is 54.7 Å². The smallest absolute Gasteiger partial charge is 0.229 e. The Hall–Kier alpha value is -2.79. The molecule has 25 heavy (non-hydrogen) atoms. The van der Waals surface area contributed by atoms with Crippen LogP contribution in [0.25, 0.3) is 0 Å². The van der Waals surface area contributed by atoms with Crippen LogP contribution in [0.2, 0.25) is 5.02 Å². The molecule has 0 aliphatic carbocycles. The van der Waals surface area contributed by atoms with E-state index in [1.807, 2.05) is 55.5 Å². The minimum absolute atomic E-state index is 0.519. The number of nitrogens with one attached hydrogen (secondary N) is 2. The number of rotatable bonds is 6. The summed E-state index contributed by atoms with van der Waals surface area (Å²) in [5.74, 6) is 2.10. The number of nitrogens with zero attached hydrogens (tertiary/aromatic N) is 2. The first-order valence-electron chi connectivity index (χ1n) is 7.87. The van der Waals surface area contributed by atoms with E-state index in [9.17, 15) is 0 Å². The van der Waals surface area contributed by atoms with Crippen molar-refractivity contribution in [1.82, 2.24) is 9.97 Å². The Morgan fingerprint density at radius 1 is 1.08 bits per heavy atom. The van der Waals surface area contributed by atoms with Gasteiger partial charge in [0.1, 0.15) is 11.6 Å². The molecule has 0 radical (unpaired) electrons. The van der Waals surface area contributed by atoms with E-state index >= 15 is 0 Å². The van der Waals surface area contributed by atoms with Gasteiger partial charge in [0.25, 0.3) is 0 Å². The zero-order valence-corrected chi connectivity index (χ0v) is 14.8. The van der Waals surface area contributed by atoms with E-state index in [2.05, 4.69) is 20.6 Å². The Bertz CT molecular complexity index is 852. The number of halogens is 1. The third-order valence-electron chi connectivity index (χ3n) is 3.80. The van der Waals surface area contributed by atoms with Crippen LogP contribution in [0, 0.1) is 6.92 Å². The number of benzene rings is 2. The molecule has 128 valence electrons. The first-order valence-corrected chi connectivity index (χ1v) is 8.25. The van der Waals surface area contributed by atoms with E-state index in [1.165, 1.54) is 0 Å². The number of methoxy groups -OCH3 is 1. The quantitative estimate of drug-likeness (QED) is 0.665. The van der Waals surface area contributed by atoms with Gasteiger partial charge in [-0.05, 0) is 48.4 Å². The summed E-state index contributed by atoms with van der Waals surface area (Å²) in [5, 5.41) is 7.20. The van der Waals surface area contributed by atoms with Crippen molar-refractivity contribution in [2.75, 3.05) is 17.7 Å². The summed E-state index contributed by atoms with van der Waals surface area (Å²) in [6.07, 6.45) is 1.71. The average molecular weight is 355 g/mol. The van der Waals surface area contributed by atoms with E-state index in [0.717, 1.165) is 28.4 Å². The lowest BCUT2D eigenvalue weighted by atomic mass is 10.2. The predicted molar refractivity (Wildman–Crippen MR) is 102 cm³/mol. The number of hydrogen-bond acceptors (Lipinski definition) is 5. The molecule has 0 spiro atoms. The van der Waals surface area contributed by atoms with Crippen LogP contribution in [0.4, 0.5) is 17.5 Å². The van der Waals surface area contributed by atoms with Crippen LogP contribution in [-0.4, -0.2) is 17.1 Å². The molecule has 0 unspecified atom stereocenters. The number of aromatic nitrogens is 2. The van der Waals surface area contributed by atoms with Crippen molar-refractivity contribution >= 4 is 29.1 Å². The molecule has 3 aromatic rings. The highest BCUT2D eigenvalue weighted by atomic mass is 35.5. The Kier molecular flexibility index (Phi) is 5.36. The molecule has 0 bridgehead atoms. The van der Waals surface area contributed by atoms with Crippen molar-refractivity contribution in [2.24, 2.45) is 0 Å². The molecule has 0 aliphatic rings. The molecule has 2 N–H and O–H groups in total. The van der Waals surface area contributed by atoms with Crippen molar-refractivity contribution < 1.29 is 4.74 Å². The van der Waals surface area contributed by atoms with E-state index in [0.29, 0.717) is 17.5 Å². The molecule has 2 aromatic carbocycles. The van der Waals surface area contributed by atoms with Gasteiger partial charge in [0.2, 0.25) is 5.95 Å². The van der Waals surface area contributed by atoms with Gasteiger partial charge in [-0.25, -0.2) is 4.98 Å². The molecule has 3 rings (SSSR count). The number of hydrogen-bond donors (Lipinski definition) is 2. The standard InChI is InChI=1S/C19H19ClN4O/c1-13-16(20)4-3-5-17(13)23-19-21-11-10-18(24-19)22-12-14-6-8-15(25-2)9-7-14/h3-11H,12H2,1-2H3,(H2,21,22,23,24).